The van der Waals surface area contributed by atoms with Crippen molar-refractivity contribution in [2.75, 3.05) is 0 Å². The molecule has 1 aliphatic carbocycles. The predicted octanol–water partition coefficient (Wildman–Crippen LogP) is 2.62. The molecule has 2 heteroatoms. The molecule has 0 aromatic carbocycles. The zero-order valence-electron chi connectivity index (χ0n) is 8.19. The first kappa shape index (κ1) is 9.41. The fraction of sp³-hybridized carbons (Fsp3) is 0.417. The molecule has 0 aliphatic heterocycles. The maximum Gasteiger partial charge on any atom is 0.0828 e. The molecule has 0 fully saturated rings. The number of nitrogens with zero attached hydrogens (tertiary/aromatic N) is 1. The fourth-order valence-corrected chi connectivity index (χ4v) is 1.87. The van der Waals surface area contributed by atoms with Crippen molar-refractivity contribution < 1.29 is 5.11 Å². The predicted molar refractivity (Wildman–Crippen MR) is 55.7 cm³/mol. The van der Waals surface area contributed by atoms with Crippen LogP contribution in [-0.4, -0.2) is 10.1 Å². The number of rotatable bonds is 3. The van der Waals surface area contributed by atoms with Crippen LogP contribution in [0.3, 0.4) is 0 Å². The van der Waals surface area contributed by atoms with Crippen molar-refractivity contribution in [3.05, 3.63) is 41.7 Å². The van der Waals surface area contributed by atoms with Crippen LogP contribution in [-0.2, 0) is 0 Å². The van der Waals surface area contributed by atoms with E-state index >= 15 is 0 Å². The van der Waals surface area contributed by atoms with E-state index in [1.165, 1.54) is 18.4 Å². The number of aliphatic hydroxyl groups is 1. The second-order valence-corrected chi connectivity index (χ2v) is 3.76. The molecule has 1 aromatic rings. The van der Waals surface area contributed by atoms with Gasteiger partial charge in [0.2, 0.25) is 0 Å². The van der Waals surface area contributed by atoms with E-state index in [1.54, 1.807) is 12.4 Å². The molecule has 74 valence electrons. The van der Waals surface area contributed by atoms with Gasteiger partial charge in [-0.2, -0.15) is 0 Å². The summed E-state index contributed by atoms with van der Waals surface area (Å²) in [5, 5.41) is 9.91. The molecule has 1 aliphatic rings. The van der Waals surface area contributed by atoms with E-state index in [9.17, 15) is 5.11 Å². The monoisotopic (exact) mass is 189 g/mol. The Morgan fingerprint density at radius 2 is 2.14 bits per heavy atom. The standard InChI is InChI=1S/C12H15NO/c14-12(9-10-3-1-2-4-10)11-5-7-13-8-6-11/h3,5-8,12,14H,1-2,4,9H2. The maximum atomic E-state index is 9.91. The van der Waals surface area contributed by atoms with Crippen LogP contribution in [0.25, 0.3) is 0 Å². The van der Waals surface area contributed by atoms with Crippen molar-refractivity contribution in [2.24, 2.45) is 0 Å². The number of hydrogen-bond acceptors (Lipinski definition) is 2. The first-order valence-corrected chi connectivity index (χ1v) is 5.12. The van der Waals surface area contributed by atoms with Crippen LogP contribution >= 0.6 is 0 Å². The van der Waals surface area contributed by atoms with Crippen LogP contribution < -0.4 is 0 Å². The SMILES string of the molecule is OC(CC1=CCCC1)c1ccncc1. The quantitative estimate of drug-likeness (QED) is 0.741. The third-order valence-corrected chi connectivity index (χ3v) is 2.68. The fourth-order valence-electron chi connectivity index (χ4n) is 1.87. The van der Waals surface area contributed by atoms with Crippen LogP contribution in [0, 0.1) is 0 Å². The Morgan fingerprint density at radius 1 is 1.36 bits per heavy atom. The Hall–Kier alpha value is -1.15. The Balaban J connectivity index is 1.99. The van der Waals surface area contributed by atoms with Gasteiger partial charge in [-0.1, -0.05) is 11.6 Å². The third-order valence-electron chi connectivity index (χ3n) is 2.68. The summed E-state index contributed by atoms with van der Waals surface area (Å²) in [7, 11) is 0. The molecule has 1 atom stereocenters. The molecule has 0 saturated heterocycles. The van der Waals surface area contributed by atoms with Gasteiger partial charge in [-0.15, -0.1) is 0 Å². The Labute approximate surface area is 84.3 Å². The van der Waals surface area contributed by atoms with Crippen LogP contribution in [0.2, 0.25) is 0 Å². The molecule has 14 heavy (non-hydrogen) atoms. The van der Waals surface area contributed by atoms with Crippen molar-refractivity contribution in [2.45, 2.75) is 31.8 Å². The van der Waals surface area contributed by atoms with Gasteiger partial charge >= 0.3 is 0 Å². The normalized spacial score (nSPS) is 17.9. The van der Waals surface area contributed by atoms with Gasteiger partial charge in [-0.3, -0.25) is 4.98 Å². The largest absolute Gasteiger partial charge is 0.388 e. The van der Waals surface area contributed by atoms with E-state index in [2.05, 4.69) is 11.1 Å². The van der Waals surface area contributed by atoms with Crippen molar-refractivity contribution in [3.8, 4) is 0 Å². The molecule has 0 saturated carbocycles. The summed E-state index contributed by atoms with van der Waals surface area (Å²) in [6.07, 6.45) is 9.71. The van der Waals surface area contributed by atoms with E-state index in [-0.39, 0.29) is 6.10 Å². The second kappa shape index (κ2) is 4.38. The molecule has 0 amide bonds. The minimum atomic E-state index is -0.359. The lowest BCUT2D eigenvalue weighted by Crippen LogP contribution is -1.98. The van der Waals surface area contributed by atoms with Crippen LogP contribution in [0.1, 0.15) is 37.4 Å². The number of aliphatic hydroxyl groups excluding tert-OH is 1. The van der Waals surface area contributed by atoms with E-state index < -0.39 is 0 Å². The van der Waals surface area contributed by atoms with E-state index in [1.807, 2.05) is 12.1 Å². The van der Waals surface area contributed by atoms with Gasteiger partial charge in [0.15, 0.2) is 0 Å². The van der Waals surface area contributed by atoms with Crippen molar-refractivity contribution in [3.63, 3.8) is 0 Å². The number of aromatic nitrogens is 1. The molecule has 2 nitrogen and oxygen atoms in total. The smallest absolute Gasteiger partial charge is 0.0828 e. The van der Waals surface area contributed by atoms with Crippen LogP contribution in [0.5, 0.6) is 0 Å². The van der Waals surface area contributed by atoms with Gasteiger partial charge in [0.25, 0.3) is 0 Å². The maximum absolute atomic E-state index is 9.91. The van der Waals surface area contributed by atoms with Crippen molar-refractivity contribution >= 4 is 0 Å². The van der Waals surface area contributed by atoms with E-state index in [4.69, 9.17) is 0 Å². The molecule has 0 spiro atoms. The third kappa shape index (κ3) is 2.20. The van der Waals surface area contributed by atoms with Crippen molar-refractivity contribution in [1.82, 2.24) is 4.98 Å². The number of hydrogen-bond donors (Lipinski definition) is 1. The van der Waals surface area contributed by atoms with Gasteiger partial charge < -0.3 is 5.11 Å². The lowest BCUT2D eigenvalue weighted by atomic mass is 10.0. The lowest BCUT2D eigenvalue weighted by Gasteiger charge is -2.10. The second-order valence-electron chi connectivity index (χ2n) is 3.76. The molecule has 1 aromatic heterocycles. The average molecular weight is 189 g/mol. The van der Waals surface area contributed by atoms with Gasteiger partial charge in [-0.05, 0) is 43.4 Å². The van der Waals surface area contributed by atoms with Crippen LogP contribution in [0.15, 0.2) is 36.2 Å². The summed E-state index contributed by atoms with van der Waals surface area (Å²) in [6, 6.07) is 3.75. The molecular weight excluding hydrogens is 174 g/mol. The minimum Gasteiger partial charge on any atom is -0.388 e. The van der Waals surface area contributed by atoms with Gasteiger partial charge in [0.1, 0.15) is 0 Å². The Kier molecular flexibility index (Phi) is 2.94. The molecule has 1 N–H and O–H groups in total. The van der Waals surface area contributed by atoms with Gasteiger partial charge in [0.05, 0.1) is 6.10 Å². The highest BCUT2D eigenvalue weighted by Crippen LogP contribution is 2.27. The summed E-state index contributed by atoms with van der Waals surface area (Å²) in [5.41, 5.74) is 2.36. The molecule has 0 radical (unpaired) electrons. The van der Waals surface area contributed by atoms with Crippen molar-refractivity contribution in [1.29, 1.82) is 0 Å². The summed E-state index contributed by atoms with van der Waals surface area (Å²) in [5.74, 6) is 0. The highest BCUT2D eigenvalue weighted by Gasteiger charge is 2.12. The Morgan fingerprint density at radius 3 is 2.79 bits per heavy atom. The molecule has 1 heterocycles. The van der Waals surface area contributed by atoms with Crippen LogP contribution in [0.4, 0.5) is 0 Å². The van der Waals surface area contributed by atoms with E-state index in [0.29, 0.717) is 0 Å². The highest BCUT2D eigenvalue weighted by molar-refractivity contribution is 5.17. The van der Waals surface area contributed by atoms with E-state index in [0.717, 1.165) is 18.4 Å². The molecule has 2 rings (SSSR count). The Bertz CT molecular complexity index is 318. The summed E-state index contributed by atoms with van der Waals surface area (Å²) in [6.45, 7) is 0. The molecule has 0 bridgehead atoms. The number of pyridine rings is 1. The molecular formula is C12H15NO. The first-order chi connectivity index (χ1) is 6.86. The molecule has 1 unspecified atom stereocenters. The van der Waals surface area contributed by atoms with Gasteiger partial charge in [0, 0.05) is 12.4 Å². The summed E-state index contributed by atoms with van der Waals surface area (Å²) in [4.78, 5) is 3.93. The average Bonchev–Trinajstić information content (AvgIpc) is 2.72. The topological polar surface area (TPSA) is 33.1 Å². The lowest BCUT2D eigenvalue weighted by molar-refractivity contribution is 0.177. The highest BCUT2D eigenvalue weighted by atomic mass is 16.3. The van der Waals surface area contributed by atoms with Gasteiger partial charge in [-0.25, -0.2) is 0 Å². The first-order valence-electron chi connectivity index (χ1n) is 5.12. The zero-order valence-corrected chi connectivity index (χ0v) is 8.19. The number of allylic oxidation sites excluding steroid dienone is 1. The zero-order chi connectivity index (χ0) is 9.80. The summed E-state index contributed by atoms with van der Waals surface area (Å²) >= 11 is 0. The minimum absolute atomic E-state index is 0.359. The summed E-state index contributed by atoms with van der Waals surface area (Å²) < 4.78 is 0.